The molecule has 0 unspecified atom stereocenters. The van der Waals surface area contributed by atoms with Gasteiger partial charge in [-0.1, -0.05) is 30.3 Å². The van der Waals surface area contributed by atoms with E-state index < -0.39 is 0 Å². The first kappa shape index (κ1) is 23.4. The molecule has 0 bridgehead atoms. The Balaban J connectivity index is 0.00000280. The highest BCUT2D eigenvalue weighted by molar-refractivity contribution is 14.0. The van der Waals surface area contributed by atoms with Crippen molar-refractivity contribution in [3.05, 3.63) is 35.9 Å². The first-order chi connectivity index (χ1) is 13.3. The Morgan fingerprint density at radius 2 is 1.86 bits per heavy atom. The molecule has 158 valence electrons. The third-order valence-corrected chi connectivity index (χ3v) is 5.66. The summed E-state index contributed by atoms with van der Waals surface area (Å²) in [5.74, 6) is 0.850. The summed E-state index contributed by atoms with van der Waals surface area (Å²) in [6.45, 7) is 7.09. The van der Waals surface area contributed by atoms with Crippen LogP contribution in [0.1, 0.15) is 31.2 Å². The number of benzene rings is 1. The molecular formula is C21H35IN4O2. The van der Waals surface area contributed by atoms with Gasteiger partial charge >= 0.3 is 0 Å². The first-order valence-corrected chi connectivity index (χ1v) is 10.2. The summed E-state index contributed by atoms with van der Waals surface area (Å²) in [5, 5.41) is 6.92. The molecule has 2 aliphatic rings. The molecule has 3 rings (SSSR count). The number of ether oxygens (including phenoxy) is 2. The molecule has 1 aromatic rings. The maximum Gasteiger partial charge on any atom is 0.191 e. The van der Waals surface area contributed by atoms with Crippen LogP contribution in [-0.4, -0.2) is 69.4 Å². The van der Waals surface area contributed by atoms with E-state index in [1.54, 1.807) is 0 Å². The van der Waals surface area contributed by atoms with Crippen LogP contribution in [0.5, 0.6) is 0 Å². The van der Waals surface area contributed by atoms with Crippen LogP contribution in [0.25, 0.3) is 0 Å². The van der Waals surface area contributed by atoms with Crippen molar-refractivity contribution in [3.63, 3.8) is 0 Å². The predicted octanol–water partition coefficient (Wildman–Crippen LogP) is 2.63. The maximum atomic E-state index is 5.74. The molecule has 0 spiro atoms. The van der Waals surface area contributed by atoms with Gasteiger partial charge < -0.3 is 20.1 Å². The van der Waals surface area contributed by atoms with Crippen molar-refractivity contribution >= 4 is 29.9 Å². The van der Waals surface area contributed by atoms with Crippen molar-refractivity contribution in [2.24, 2.45) is 4.99 Å². The monoisotopic (exact) mass is 502 g/mol. The van der Waals surface area contributed by atoms with Crippen LogP contribution in [0, 0.1) is 0 Å². The van der Waals surface area contributed by atoms with Crippen LogP contribution in [0.3, 0.4) is 0 Å². The lowest BCUT2D eigenvalue weighted by Crippen LogP contribution is -2.58. The number of hydrogen-bond donors (Lipinski definition) is 2. The zero-order valence-electron chi connectivity index (χ0n) is 17.0. The van der Waals surface area contributed by atoms with Crippen LogP contribution in [0.4, 0.5) is 0 Å². The first-order valence-electron chi connectivity index (χ1n) is 10.2. The van der Waals surface area contributed by atoms with Crippen LogP contribution in [0.15, 0.2) is 35.3 Å². The molecule has 6 nitrogen and oxygen atoms in total. The molecule has 0 radical (unpaired) electrons. The highest BCUT2D eigenvalue weighted by atomic mass is 127. The largest absolute Gasteiger partial charge is 0.381 e. The fourth-order valence-electron chi connectivity index (χ4n) is 4.02. The highest BCUT2D eigenvalue weighted by Crippen LogP contribution is 2.30. The predicted molar refractivity (Wildman–Crippen MR) is 124 cm³/mol. The maximum absolute atomic E-state index is 5.74. The Kier molecular flexibility index (Phi) is 10.5. The number of rotatable bonds is 8. The standard InChI is InChI=1S/C21H34N4O2.HI/c1-22-20(23-11-16-27-17-19-7-3-2-4-8-19)24-18-21(9-14-26-15-10-21)25-12-5-6-13-25;/h2-4,7-8H,5-6,9-18H2,1H3,(H2,22,23,24);1H. The molecule has 2 aliphatic heterocycles. The van der Waals surface area contributed by atoms with E-state index in [4.69, 9.17) is 9.47 Å². The van der Waals surface area contributed by atoms with E-state index >= 15 is 0 Å². The fourth-order valence-corrected chi connectivity index (χ4v) is 4.02. The lowest BCUT2D eigenvalue weighted by atomic mass is 9.88. The summed E-state index contributed by atoms with van der Waals surface area (Å²) >= 11 is 0. The normalized spacial score (nSPS) is 19.8. The van der Waals surface area contributed by atoms with Gasteiger partial charge in [0, 0.05) is 38.9 Å². The minimum absolute atomic E-state index is 0. The van der Waals surface area contributed by atoms with Gasteiger partial charge in [-0.25, -0.2) is 0 Å². The molecule has 2 fully saturated rings. The van der Waals surface area contributed by atoms with Gasteiger partial charge in [0.1, 0.15) is 0 Å². The molecule has 2 N–H and O–H groups in total. The van der Waals surface area contributed by atoms with Crippen molar-refractivity contribution in [2.75, 3.05) is 53.0 Å². The van der Waals surface area contributed by atoms with Crippen LogP contribution >= 0.6 is 24.0 Å². The minimum atomic E-state index is 0. The zero-order valence-corrected chi connectivity index (χ0v) is 19.3. The van der Waals surface area contributed by atoms with Crippen LogP contribution in [-0.2, 0) is 16.1 Å². The van der Waals surface area contributed by atoms with Gasteiger partial charge in [0.15, 0.2) is 5.96 Å². The molecule has 2 heterocycles. The molecule has 0 aliphatic carbocycles. The molecule has 2 saturated heterocycles. The molecule has 0 amide bonds. The fraction of sp³-hybridized carbons (Fsp3) is 0.667. The molecular weight excluding hydrogens is 467 g/mol. The Bertz CT molecular complexity index is 573. The van der Waals surface area contributed by atoms with Gasteiger partial charge in [-0.15, -0.1) is 24.0 Å². The lowest BCUT2D eigenvalue weighted by Gasteiger charge is -2.45. The summed E-state index contributed by atoms with van der Waals surface area (Å²) in [6.07, 6.45) is 4.82. The number of nitrogens with zero attached hydrogens (tertiary/aromatic N) is 2. The zero-order chi connectivity index (χ0) is 18.8. The summed E-state index contributed by atoms with van der Waals surface area (Å²) in [5.41, 5.74) is 1.41. The van der Waals surface area contributed by atoms with Crippen LogP contribution < -0.4 is 10.6 Å². The molecule has 28 heavy (non-hydrogen) atoms. The second kappa shape index (κ2) is 12.6. The van der Waals surface area contributed by atoms with Crippen molar-refractivity contribution in [2.45, 2.75) is 37.8 Å². The number of guanidine groups is 1. The van der Waals surface area contributed by atoms with Crippen molar-refractivity contribution in [1.82, 2.24) is 15.5 Å². The van der Waals surface area contributed by atoms with E-state index in [-0.39, 0.29) is 29.5 Å². The van der Waals surface area contributed by atoms with Gasteiger partial charge in [0.2, 0.25) is 0 Å². The second-order valence-corrected chi connectivity index (χ2v) is 7.42. The van der Waals surface area contributed by atoms with Crippen molar-refractivity contribution in [1.29, 1.82) is 0 Å². The van der Waals surface area contributed by atoms with Gasteiger partial charge in [-0.3, -0.25) is 9.89 Å². The van der Waals surface area contributed by atoms with E-state index in [0.717, 1.165) is 45.1 Å². The number of aliphatic imine (C=N–C) groups is 1. The molecule has 7 heteroatoms. The van der Waals surface area contributed by atoms with Gasteiger partial charge in [0.05, 0.1) is 13.2 Å². The number of likely N-dealkylation sites (tertiary alicyclic amines) is 1. The average Bonchev–Trinajstić information content (AvgIpc) is 3.27. The number of nitrogens with one attached hydrogen (secondary N) is 2. The van der Waals surface area contributed by atoms with E-state index in [9.17, 15) is 0 Å². The Hall–Kier alpha value is -0.900. The Morgan fingerprint density at radius 3 is 2.54 bits per heavy atom. The molecule has 0 atom stereocenters. The summed E-state index contributed by atoms with van der Waals surface area (Å²) in [7, 11) is 1.83. The summed E-state index contributed by atoms with van der Waals surface area (Å²) in [4.78, 5) is 7.04. The molecule has 0 aromatic heterocycles. The lowest BCUT2D eigenvalue weighted by molar-refractivity contribution is -0.0164. The quantitative estimate of drug-likeness (QED) is 0.248. The summed E-state index contributed by atoms with van der Waals surface area (Å²) in [6, 6.07) is 10.3. The van der Waals surface area contributed by atoms with E-state index in [1.165, 1.54) is 31.5 Å². The minimum Gasteiger partial charge on any atom is -0.381 e. The third kappa shape index (κ3) is 6.86. The molecule has 0 saturated carbocycles. The van der Waals surface area contributed by atoms with E-state index in [2.05, 4.69) is 32.7 Å². The topological polar surface area (TPSA) is 58.1 Å². The van der Waals surface area contributed by atoms with Crippen molar-refractivity contribution < 1.29 is 9.47 Å². The Morgan fingerprint density at radius 1 is 1.14 bits per heavy atom. The average molecular weight is 502 g/mol. The summed E-state index contributed by atoms with van der Waals surface area (Å²) < 4.78 is 11.4. The van der Waals surface area contributed by atoms with Gasteiger partial charge in [-0.05, 0) is 44.3 Å². The van der Waals surface area contributed by atoms with Crippen LogP contribution in [0.2, 0.25) is 0 Å². The smallest absolute Gasteiger partial charge is 0.191 e. The second-order valence-electron chi connectivity index (χ2n) is 7.42. The molecule has 1 aromatic carbocycles. The third-order valence-electron chi connectivity index (χ3n) is 5.66. The number of halogens is 1. The number of hydrogen-bond acceptors (Lipinski definition) is 4. The van der Waals surface area contributed by atoms with Gasteiger partial charge in [-0.2, -0.15) is 0 Å². The SMILES string of the molecule is CN=C(NCCOCc1ccccc1)NCC1(N2CCCC2)CCOCC1.I. The van der Waals surface area contributed by atoms with Gasteiger partial charge in [0.25, 0.3) is 0 Å². The highest BCUT2D eigenvalue weighted by Gasteiger charge is 2.39. The van der Waals surface area contributed by atoms with Crippen molar-refractivity contribution in [3.8, 4) is 0 Å². The van der Waals surface area contributed by atoms with E-state index in [0.29, 0.717) is 13.2 Å². The van der Waals surface area contributed by atoms with E-state index in [1.807, 2.05) is 25.2 Å². The Labute approximate surface area is 186 Å².